The zero-order valence-electron chi connectivity index (χ0n) is 5.49. The van der Waals surface area contributed by atoms with Gasteiger partial charge >= 0.3 is 40.4 Å². The molecular weight excluding hydrogens is 339 g/mol. The van der Waals surface area contributed by atoms with Gasteiger partial charge in [0.05, 0.1) is 0 Å². The molecule has 0 fully saturated rings. The zero-order chi connectivity index (χ0) is 10.7. The van der Waals surface area contributed by atoms with E-state index in [1.165, 1.54) is 0 Å². The standard InChI is InChI=1S/3CHFO2.Sm/c3*2-1(3)4;/h3*(H,3,4);/q;;;+3/p-3. The van der Waals surface area contributed by atoms with Crippen LogP contribution in [0.1, 0.15) is 0 Å². The first-order chi connectivity index (χ1) is 5.20. The van der Waals surface area contributed by atoms with Crippen LogP contribution >= 0.6 is 0 Å². The minimum atomic E-state index is -2.58. The molecule has 0 aliphatic carbocycles. The Hall–Kier alpha value is -0.462. The van der Waals surface area contributed by atoms with Crippen LogP contribution in [0.15, 0.2) is 0 Å². The first kappa shape index (κ1) is 22.9. The molecule has 0 saturated heterocycles. The van der Waals surface area contributed by atoms with Gasteiger partial charge in [-0.15, -0.1) is 0 Å². The van der Waals surface area contributed by atoms with E-state index in [-0.39, 0.29) is 40.4 Å². The number of carboxylic acid groups (broad SMARTS) is 3. The molecule has 6 nitrogen and oxygen atoms in total. The molecule has 0 saturated carbocycles. The third-order valence-corrected chi connectivity index (χ3v) is 0. The van der Waals surface area contributed by atoms with Crippen molar-refractivity contribution < 1.29 is 83.3 Å². The predicted molar refractivity (Wildman–Crippen MR) is 19.5 cm³/mol. The van der Waals surface area contributed by atoms with Crippen LogP contribution in [0.2, 0.25) is 0 Å². The van der Waals surface area contributed by atoms with Crippen LogP contribution in [0, 0.1) is 40.4 Å². The van der Waals surface area contributed by atoms with Gasteiger partial charge in [-0.2, -0.15) is 13.2 Å². The van der Waals surface area contributed by atoms with Gasteiger partial charge < -0.3 is 29.7 Å². The number of halogens is 3. The number of hydrogen-bond donors (Lipinski definition) is 0. The molecule has 0 amide bonds. The van der Waals surface area contributed by atoms with Crippen molar-refractivity contribution in [3.63, 3.8) is 0 Å². The smallest absolute Gasteiger partial charge is 0.520 e. The fourth-order valence-electron chi connectivity index (χ4n) is 0. The number of rotatable bonds is 0. The van der Waals surface area contributed by atoms with E-state index in [0.29, 0.717) is 0 Å². The molecule has 0 aliphatic heterocycles. The van der Waals surface area contributed by atoms with Gasteiger partial charge in [-0.3, -0.25) is 0 Å². The van der Waals surface area contributed by atoms with E-state index in [0.717, 1.165) is 0 Å². The van der Waals surface area contributed by atoms with Gasteiger partial charge in [0.2, 0.25) is 18.7 Å². The normalized spacial score (nSPS) is 5.77. The second kappa shape index (κ2) is 17.6. The Bertz CT molecular complexity index is 121. The molecule has 0 aromatic heterocycles. The molecule has 0 spiro atoms. The first-order valence-electron chi connectivity index (χ1n) is 1.79. The summed E-state index contributed by atoms with van der Waals surface area (Å²) >= 11 is 0. The average molecular weight is 339 g/mol. The number of hydrogen-bond acceptors (Lipinski definition) is 6. The zero-order valence-corrected chi connectivity index (χ0v) is 8.11. The first-order valence-corrected chi connectivity index (χ1v) is 1.79. The summed E-state index contributed by atoms with van der Waals surface area (Å²) in [5.74, 6) is 0. The molecule has 0 bridgehead atoms. The molecule has 0 aliphatic rings. The van der Waals surface area contributed by atoms with Crippen LogP contribution in [0.25, 0.3) is 0 Å². The summed E-state index contributed by atoms with van der Waals surface area (Å²) in [7, 11) is 0. The van der Waals surface area contributed by atoms with Crippen molar-refractivity contribution in [3.8, 4) is 0 Å². The molecule has 10 heteroatoms. The van der Waals surface area contributed by atoms with Crippen LogP contribution in [-0.2, 0) is 0 Å². The van der Waals surface area contributed by atoms with Crippen molar-refractivity contribution in [2.75, 3.05) is 0 Å². The summed E-state index contributed by atoms with van der Waals surface area (Å²) in [5, 5.41) is 24.7. The second-order valence-electron chi connectivity index (χ2n) is 0.713. The SMILES string of the molecule is O=C([O-])F.O=C([O-])F.O=C([O-])F.[Sm+3]. The van der Waals surface area contributed by atoms with Gasteiger partial charge in [-0.05, 0) is 0 Å². The maximum atomic E-state index is 9.81. The molecule has 0 heterocycles. The minimum absolute atomic E-state index is 0. The van der Waals surface area contributed by atoms with E-state index in [2.05, 4.69) is 0 Å². The molecule has 13 heavy (non-hydrogen) atoms. The maximum Gasteiger partial charge on any atom is 3.00 e. The Morgan fingerprint density at radius 1 is 0.692 bits per heavy atom. The van der Waals surface area contributed by atoms with E-state index >= 15 is 0 Å². The van der Waals surface area contributed by atoms with Gasteiger partial charge in [-0.25, -0.2) is 0 Å². The van der Waals surface area contributed by atoms with Crippen molar-refractivity contribution >= 4 is 18.7 Å². The van der Waals surface area contributed by atoms with Crippen molar-refractivity contribution in [1.29, 1.82) is 0 Å². The van der Waals surface area contributed by atoms with Gasteiger partial charge in [-0.1, -0.05) is 0 Å². The molecule has 1 radical (unpaired) electrons. The van der Waals surface area contributed by atoms with Crippen molar-refractivity contribution in [1.82, 2.24) is 0 Å². The van der Waals surface area contributed by atoms with Crippen molar-refractivity contribution in [2.45, 2.75) is 0 Å². The second-order valence-corrected chi connectivity index (χ2v) is 0.713. The largest absolute Gasteiger partial charge is 3.00 e. The molecule has 75 valence electrons. The topological polar surface area (TPSA) is 120 Å². The quantitative estimate of drug-likeness (QED) is 0.466. The van der Waals surface area contributed by atoms with E-state index < -0.39 is 18.7 Å². The van der Waals surface area contributed by atoms with Crippen LogP contribution in [0.5, 0.6) is 0 Å². The fourth-order valence-corrected chi connectivity index (χ4v) is 0. The van der Waals surface area contributed by atoms with Crippen molar-refractivity contribution in [3.05, 3.63) is 0 Å². The van der Waals surface area contributed by atoms with Crippen LogP contribution in [0.3, 0.4) is 0 Å². The summed E-state index contributed by atoms with van der Waals surface area (Å²) < 4.78 is 29.4. The average Bonchev–Trinajstić information content (AvgIpc) is 1.54. The Morgan fingerprint density at radius 3 is 0.692 bits per heavy atom. The van der Waals surface area contributed by atoms with Gasteiger partial charge in [0.1, 0.15) is 0 Å². The third kappa shape index (κ3) is 4910. The summed E-state index contributed by atoms with van der Waals surface area (Å²) in [6, 6.07) is 0. The summed E-state index contributed by atoms with van der Waals surface area (Å²) in [4.78, 5) is 24.7. The molecule has 0 rings (SSSR count). The molecular formula is C3F3O6Sm. The Balaban J connectivity index is -0.0000000450. The Kier molecular flexibility index (Phi) is 31.0. The fraction of sp³-hybridized carbons (Fsp3) is 0. The van der Waals surface area contributed by atoms with Crippen molar-refractivity contribution in [2.24, 2.45) is 0 Å². The monoisotopic (exact) mass is 341 g/mol. The van der Waals surface area contributed by atoms with Gasteiger partial charge in [0.25, 0.3) is 0 Å². The summed E-state index contributed by atoms with van der Waals surface area (Å²) in [6.45, 7) is 0. The molecule has 0 atom stereocenters. The Morgan fingerprint density at radius 2 is 0.692 bits per heavy atom. The Labute approximate surface area is 101 Å². The van der Waals surface area contributed by atoms with Gasteiger partial charge in [0.15, 0.2) is 0 Å². The number of carbonyl (C=O) groups is 3. The van der Waals surface area contributed by atoms with Gasteiger partial charge in [0, 0.05) is 0 Å². The summed E-state index contributed by atoms with van der Waals surface area (Å²) in [6.07, 6.45) is -7.75. The summed E-state index contributed by atoms with van der Waals surface area (Å²) in [5.41, 5.74) is 0. The molecule has 0 aromatic rings. The maximum absolute atomic E-state index is 9.81. The third-order valence-electron chi connectivity index (χ3n) is 0. The van der Waals surface area contributed by atoms with E-state index in [1.807, 2.05) is 0 Å². The molecule has 0 aromatic carbocycles. The van der Waals surface area contributed by atoms with E-state index in [4.69, 9.17) is 29.7 Å². The molecule has 0 unspecified atom stereocenters. The van der Waals surface area contributed by atoms with Crippen LogP contribution < -0.4 is 15.3 Å². The van der Waals surface area contributed by atoms with Crippen LogP contribution in [-0.4, -0.2) is 18.7 Å². The van der Waals surface area contributed by atoms with E-state index in [9.17, 15) is 13.2 Å². The molecule has 0 N–H and O–H groups in total. The van der Waals surface area contributed by atoms with E-state index in [1.54, 1.807) is 0 Å². The van der Waals surface area contributed by atoms with Crippen LogP contribution in [0.4, 0.5) is 27.6 Å². The minimum Gasteiger partial charge on any atom is -0.520 e. The number of carbonyl (C=O) groups excluding carboxylic acids is 3. The predicted octanol–water partition coefficient (Wildman–Crippen LogP) is -2.10.